The topological polar surface area (TPSA) is 98.8 Å². The van der Waals surface area contributed by atoms with E-state index < -0.39 is 10.0 Å². The molecule has 0 spiro atoms. The molecule has 174 valence electrons. The third-order valence-electron chi connectivity index (χ3n) is 6.05. The summed E-state index contributed by atoms with van der Waals surface area (Å²) in [5.74, 6) is 0.638. The van der Waals surface area contributed by atoms with Crippen molar-refractivity contribution in [2.24, 2.45) is 7.05 Å². The van der Waals surface area contributed by atoms with Gasteiger partial charge in [-0.1, -0.05) is 24.8 Å². The van der Waals surface area contributed by atoms with Crippen LogP contribution in [0, 0.1) is 0 Å². The minimum Gasteiger partial charge on any atom is -0.275 e. The fourth-order valence-corrected chi connectivity index (χ4v) is 5.17. The van der Waals surface area contributed by atoms with Crippen LogP contribution >= 0.6 is 0 Å². The molecule has 34 heavy (non-hydrogen) atoms. The van der Waals surface area contributed by atoms with Gasteiger partial charge in [-0.3, -0.25) is 9.36 Å². The first kappa shape index (κ1) is 22.2. The van der Waals surface area contributed by atoms with Gasteiger partial charge in [0.15, 0.2) is 5.82 Å². The van der Waals surface area contributed by atoms with Crippen LogP contribution in [-0.2, 0) is 17.1 Å². The lowest BCUT2D eigenvalue weighted by molar-refractivity contribution is 0.256. The predicted octanol–water partition coefficient (Wildman–Crippen LogP) is 3.52. The molecule has 1 unspecified atom stereocenters. The number of aromatic nitrogens is 6. The monoisotopic (exact) mass is 475 g/mol. The van der Waals surface area contributed by atoms with Crippen LogP contribution in [0.2, 0.25) is 0 Å². The highest BCUT2D eigenvalue weighted by Gasteiger charge is 2.28. The second-order valence-electron chi connectivity index (χ2n) is 8.35. The number of hydrogen-bond donors (Lipinski definition) is 0. The molecule has 0 saturated carbocycles. The molecule has 9 nitrogen and oxygen atoms in total. The normalized spacial score (nSPS) is 17.0. The molecule has 1 atom stereocenters. The van der Waals surface area contributed by atoms with Crippen molar-refractivity contribution < 1.29 is 8.42 Å². The molecule has 5 rings (SSSR count). The molecule has 3 aromatic heterocycles. The highest BCUT2D eigenvalue weighted by atomic mass is 32.2. The van der Waals surface area contributed by atoms with Gasteiger partial charge in [-0.25, -0.2) is 18.4 Å². The standard InChI is InChI=1S/C24H25N7O2S/c1-3-34(32,33)30-9-5-8-23(17-30)31-16-22(14-28-31)20-11-25-24(26-12-20)19-7-4-6-18(10-19)21-13-27-29(2)15-21/h3-4,6-7,10-16,23H,1,5,8-9,17H2,2H3. The van der Waals surface area contributed by atoms with Crippen molar-refractivity contribution in [2.45, 2.75) is 18.9 Å². The highest BCUT2D eigenvalue weighted by Crippen LogP contribution is 2.27. The van der Waals surface area contributed by atoms with Gasteiger partial charge in [-0.2, -0.15) is 14.5 Å². The van der Waals surface area contributed by atoms with Crippen LogP contribution in [0.25, 0.3) is 33.6 Å². The van der Waals surface area contributed by atoms with E-state index in [9.17, 15) is 8.42 Å². The van der Waals surface area contributed by atoms with Crippen LogP contribution in [0.4, 0.5) is 0 Å². The van der Waals surface area contributed by atoms with Crippen molar-refractivity contribution in [1.82, 2.24) is 33.8 Å². The Morgan fingerprint density at radius 3 is 2.44 bits per heavy atom. The summed E-state index contributed by atoms with van der Waals surface area (Å²) in [5, 5.41) is 9.74. The minimum atomic E-state index is -3.43. The maximum absolute atomic E-state index is 12.2. The van der Waals surface area contributed by atoms with Gasteiger partial charge in [-0.15, -0.1) is 0 Å². The Morgan fingerprint density at radius 2 is 1.71 bits per heavy atom. The van der Waals surface area contributed by atoms with E-state index in [4.69, 9.17) is 0 Å². The molecule has 4 heterocycles. The largest absolute Gasteiger partial charge is 0.275 e. The van der Waals surface area contributed by atoms with Gasteiger partial charge in [0.1, 0.15) is 0 Å². The summed E-state index contributed by atoms with van der Waals surface area (Å²) in [7, 11) is -1.53. The Balaban J connectivity index is 1.34. The quantitative estimate of drug-likeness (QED) is 0.423. The molecule has 0 N–H and O–H groups in total. The van der Waals surface area contributed by atoms with Crippen molar-refractivity contribution >= 4 is 10.0 Å². The van der Waals surface area contributed by atoms with E-state index >= 15 is 0 Å². The molecule has 1 aromatic carbocycles. The van der Waals surface area contributed by atoms with Crippen LogP contribution in [0.15, 0.2) is 73.4 Å². The van der Waals surface area contributed by atoms with Gasteiger partial charge < -0.3 is 0 Å². The minimum absolute atomic E-state index is 0.0207. The second-order valence-corrected chi connectivity index (χ2v) is 10.2. The molecule has 1 aliphatic heterocycles. The average Bonchev–Trinajstić information content (AvgIpc) is 3.54. The van der Waals surface area contributed by atoms with Crippen LogP contribution in [0.1, 0.15) is 18.9 Å². The Labute approximate surface area is 198 Å². The van der Waals surface area contributed by atoms with E-state index in [1.807, 2.05) is 48.5 Å². The van der Waals surface area contributed by atoms with Gasteiger partial charge in [-0.05, 0) is 24.5 Å². The first-order valence-corrected chi connectivity index (χ1v) is 12.5. The smallest absolute Gasteiger partial charge is 0.235 e. The van der Waals surface area contributed by atoms with Crippen LogP contribution < -0.4 is 0 Å². The summed E-state index contributed by atoms with van der Waals surface area (Å²) in [6, 6.07) is 8.04. The molecular weight excluding hydrogens is 450 g/mol. The van der Waals surface area contributed by atoms with Gasteiger partial charge in [0.05, 0.1) is 18.4 Å². The third kappa shape index (κ3) is 4.42. The SMILES string of the molecule is C=CS(=O)(=O)N1CCCC(n2cc(-c3cnc(-c4cccc(-c5cnn(C)c5)c4)nc3)cn2)C1. The summed E-state index contributed by atoms with van der Waals surface area (Å²) >= 11 is 0. The lowest BCUT2D eigenvalue weighted by Crippen LogP contribution is -2.39. The van der Waals surface area contributed by atoms with E-state index in [2.05, 4.69) is 32.8 Å². The van der Waals surface area contributed by atoms with E-state index in [-0.39, 0.29) is 6.04 Å². The maximum Gasteiger partial charge on any atom is 0.235 e. The summed E-state index contributed by atoms with van der Waals surface area (Å²) in [4.78, 5) is 9.15. The van der Waals surface area contributed by atoms with E-state index in [1.54, 1.807) is 23.3 Å². The van der Waals surface area contributed by atoms with Gasteiger partial charge in [0.2, 0.25) is 10.0 Å². The van der Waals surface area contributed by atoms with Crippen molar-refractivity contribution in [1.29, 1.82) is 0 Å². The number of nitrogens with zero attached hydrogens (tertiary/aromatic N) is 7. The first-order valence-electron chi connectivity index (χ1n) is 11.0. The van der Waals surface area contributed by atoms with Crippen LogP contribution in [-0.4, -0.2) is 55.3 Å². The Morgan fingerprint density at radius 1 is 0.971 bits per heavy atom. The van der Waals surface area contributed by atoms with Crippen molar-refractivity contribution in [3.63, 3.8) is 0 Å². The summed E-state index contributed by atoms with van der Waals surface area (Å²) in [6.45, 7) is 4.33. The number of piperidine rings is 1. The molecule has 4 aromatic rings. The lowest BCUT2D eigenvalue weighted by Gasteiger charge is -2.31. The summed E-state index contributed by atoms with van der Waals surface area (Å²) in [6.07, 6.45) is 12.7. The summed E-state index contributed by atoms with van der Waals surface area (Å²) in [5.41, 5.74) is 4.76. The zero-order chi connectivity index (χ0) is 23.7. The van der Waals surface area contributed by atoms with Crippen molar-refractivity contribution in [2.75, 3.05) is 13.1 Å². The highest BCUT2D eigenvalue weighted by molar-refractivity contribution is 7.92. The molecule has 0 amide bonds. The van der Waals surface area contributed by atoms with E-state index in [1.165, 1.54) is 4.31 Å². The number of rotatable bonds is 6. The van der Waals surface area contributed by atoms with Crippen molar-refractivity contribution in [3.8, 4) is 33.6 Å². The number of sulfonamides is 1. The second kappa shape index (κ2) is 8.96. The van der Waals surface area contributed by atoms with E-state index in [0.717, 1.165) is 46.1 Å². The fourth-order valence-electron chi connectivity index (χ4n) is 4.19. The molecule has 0 aliphatic carbocycles. The fraction of sp³-hybridized carbons (Fsp3) is 0.250. The molecular formula is C24H25N7O2S. The summed E-state index contributed by atoms with van der Waals surface area (Å²) < 4.78 is 29.4. The van der Waals surface area contributed by atoms with Gasteiger partial charge in [0, 0.05) is 72.6 Å². The lowest BCUT2D eigenvalue weighted by atomic mass is 10.1. The molecule has 1 saturated heterocycles. The average molecular weight is 476 g/mol. The first-order chi connectivity index (χ1) is 16.4. The number of hydrogen-bond acceptors (Lipinski definition) is 6. The van der Waals surface area contributed by atoms with Crippen molar-refractivity contribution in [3.05, 3.63) is 73.4 Å². The van der Waals surface area contributed by atoms with Crippen LogP contribution in [0.3, 0.4) is 0 Å². The molecule has 1 fully saturated rings. The van der Waals surface area contributed by atoms with Crippen LogP contribution in [0.5, 0.6) is 0 Å². The Kier molecular flexibility index (Phi) is 5.84. The molecule has 0 bridgehead atoms. The Hall–Kier alpha value is -3.63. The van der Waals surface area contributed by atoms with E-state index in [0.29, 0.717) is 18.9 Å². The molecule has 1 aliphatic rings. The number of aryl methyl sites for hydroxylation is 1. The third-order valence-corrected chi connectivity index (χ3v) is 7.52. The number of benzene rings is 1. The zero-order valence-corrected chi connectivity index (χ0v) is 19.6. The van der Waals surface area contributed by atoms with Gasteiger partial charge in [0.25, 0.3) is 0 Å². The molecule has 0 radical (unpaired) electrons. The zero-order valence-electron chi connectivity index (χ0n) is 18.8. The maximum atomic E-state index is 12.2. The Bertz CT molecular complexity index is 1420. The van der Waals surface area contributed by atoms with Gasteiger partial charge >= 0.3 is 0 Å². The molecule has 10 heteroatoms. The predicted molar refractivity (Wildman–Crippen MR) is 130 cm³/mol.